The first-order valence-electron chi connectivity index (χ1n) is 9.35. The van der Waals surface area contributed by atoms with Crippen LogP contribution in [0.3, 0.4) is 0 Å². The van der Waals surface area contributed by atoms with Crippen LogP contribution in [0, 0.1) is 5.82 Å². The van der Waals surface area contributed by atoms with Crippen molar-refractivity contribution in [1.82, 2.24) is 15.0 Å². The van der Waals surface area contributed by atoms with Crippen LogP contribution in [0.5, 0.6) is 5.88 Å². The van der Waals surface area contributed by atoms with E-state index in [4.69, 9.17) is 16.2 Å². The monoisotopic (exact) mass is 379 g/mol. The molecular formula is C21H22FN5O. The van der Waals surface area contributed by atoms with Gasteiger partial charge in [0.05, 0.1) is 18.1 Å². The average Bonchev–Trinajstić information content (AvgIpc) is 2.71. The maximum absolute atomic E-state index is 14.8. The molecule has 4 rings (SSSR count). The van der Waals surface area contributed by atoms with Gasteiger partial charge in [-0.1, -0.05) is 6.07 Å². The van der Waals surface area contributed by atoms with Gasteiger partial charge in [-0.15, -0.1) is 0 Å². The Bertz CT molecular complexity index is 955. The van der Waals surface area contributed by atoms with E-state index in [2.05, 4.69) is 15.0 Å². The van der Waals surface area contributed by atoms with Gasteiger partial charge in [-0.25, -0.2) is 14.4 Å². The molecule has 0 atom stereocenters. The van der Waals surface area contributed by atoms with E-state index in [0.717, 1.165) is 31.2 Å². The SMILES string of the molecule is Nc1cnc(-c2ccc(-c3cccnc3O[C@H]3CC[C@H](N)CC3)cc2F)cn1. The van der Waals surface area contributed by atoms with E-state index in [1.54, 1.807) is 12.3 Å². The van der Waals surface area contributed by atoms with E-state index in [0.29, 0.717) is 28.5 Å². The second-order valence-electron chi connectivity index (χ2n) is 7.03. The predicted octanol–water partition coefficient (Wildman–Crippen LogP) is 3.58. The molecule has 0 saturated heterocycles. The van der Waals surface area contributed by atoms with Crippen LogP contribution in [0.2, 0.25) is 0 Å². The van der Waals surface area contributed by atoms with Crippen LogP contribution >= 0.6 is 0 Å². The van der Waals surface area contributed by atoms with Crippen molar-refractivity contribution in [3.8, 4) is 28.3 Å². The molecule has 3 aromatic rings. The molecule has 1 aromatic carbocycles. The Labute approximate surface area is 162 Å². The van der Waals surface area contributed by atoms with Crippen LogP contribution < -0.4 is 16.2 Å². The molecule has 1 fully saturated rings. The summed E-state index contributed by atoms with van der Waals surface area (Å²) >= 11 is 0. The highest BCUT2D eigenvalue weighted by molar-refractivity contribution is 5.72. The van der Waals surface area contributed by atoms with Crippen molar-refractivity contribution < 1.29 is 9.13 Å². The Balaban J connectivity index is 1.61. The van der Waals surface area contributed by atoms with Crippen LogP contribution in [0.25, 0.3) is 22.4 Å². The van der Waals surface area contributed by atoms with Crippen molar-refractivity contribution in [3.63, 3.8) is 0 Å². The third-order valence-corrected chi connectivity index (χ3v) is 5.00. The number of rotatable bonds is 4. The van der Waals surface area contributed by atoms with Crippen molar-refractivity contribution >= 4 is 5.82 Å². The van der Waals surface area contributed by atoms with Gasteiger partial charge in [0, 0.05) is 23.4 Å². The number of halogens is 1. The second-order valence-corrected chi connectivity index (χ2v) is 7.03. The number of hydrogen-bond acceptors (Lipinski definition) is 6. The van der Waals surface area contributed by atoms with E-state index in [-0.39, 0.29) is 12.1 Å². The fourth-order valence-corrected chi connectivity index (χ4v) is 3.44. The smallest absolute Gasteiger partial charge is 0.221 e. The topological polar surface area (TPSA) is 99.9 Å². The van der Waals surface area contributed by atoms with Crippen LogP contribution in [0.1, 0.15) is 25.7 Å². The molecule has 0 amide bonds. The van der Waals surface area contributed by atoms with Gasteiger partial charge in [0.25, 0.3) is 0 Å². The fourth-order valence-electron chi connectivity index (χ4n) is 3.44. The zero-order valence-corrected chi connectivity index (χ0v) is 15.4. The van der Waals surface area contributed by atoms with Crippen molar-refractivity contribution in [2.75, 3.05) is 5.73 Å². The Kier molecular flexibility index (Phi) is 5.16. The molecule has 0 aliphatic heterocycles. The zero-order valence-electron chi connectivity index (χ0n) is 15.4. The highest BCUT2D eigenvalue weighted by atomic mass is 19.1. The minimum Gasteiger partial charge on any atom is -0.474 e. The Hall–Kier alpha value is -3.06. The number of aromatic nitrogens is 3. The molecule has 4 N–H and O–H groups in total. The molecule has 28 heavy (non-hydrogen) atoms. The van der Waals surface area contributed by atoms with Crippen molar-refractivity contribution in [1.29, 1.82) is 0 Å². The highest BCUT2D eigenvalue weighted by Crippen LogP contribution is 2.33. The van der Waals surface area contributed by atoms with E-state index in [1.807, 2.05) is 18.2 Å². The van der Waals surface area contributed by atoms with Crippen LogP contribution in [0.4, 0.5) is 10.2 Å². The predicted molar refractivity (Wildman–Crippen MR) is 106 cm³/mol. The molecule has 2 heterocycles. The van der Waals surface area contributed by atoms with Gasteiger partial charge in [0.2, 0.25) is 5.88 Å². The second kappa shape index (κ2) is 7.90. The van der Waals surface area contributed by atoms with Crippen LogP contribution in [0.15, 0.2) is 48.9 Å². The molecule has 7 heteroatoms. The summed E-state index contributed by atoms with van der Waals surface area (Å²) in [5.74, 6) is 0.416. The first kappa shape index (κ1) is 18.3. The van der Waals surface area contributed by atoms with E-state index in [1.165, 1.54) is 18.5 Å². The molecule has 2 aromatic heterocycles. The third-order valence-electron chi connectivity index (χ3n) is 5.00. The van der Waals surface area contributed by atoms with Gasteiger partial charge in [-0.2, -0.15) is 0 Å². The first-order valence-corrected chi connectivity index (χ1v) is 9.35. The number of nitrogen functional groups attached to an aromatic ring is 1. The minimum atomic E-state index is -0.394. The van der Waals surface area contributed by atoms with Gasteiger partial charge in [0.1, 0.15) is 17.7 Å². The lowest BCUT2D eigenvalue weighted by Gasteiger charge is -2.27. The van der Waals surface area contributed by atoms with Gasteiger partial charge in [0.15, 0.2) is 0 Å². The van der Waals surface area contributed by atoms with Gasteiger partial charge >= 0.3 is 0 Å². The highest BCUT2D eigenvalue weighted by Gasteiger charge is 2.22. The zero-order chi connectivity index (χ0) is 19.5. The van der Waals surface area contributed by atoms with E-state index in [9.17, 15) is 4.39 Å². The Morgan fingerprint density at radius 3 is 2.50 bits per heavy atom. The molecule has 0 unspecified atom stereocenters. The lowest BCUT2D eigenvalue weighted by molar-refractivity contribution is 0.142. The lowest BCUT2D eigenvalue weighted by atomic mass is 9.93. The summed E-state index contributed by atoms with van der Waals surface area (Å²) < 4.78 is 20.9. The first-order chi connectivity index (χ1) is 13.6. The molecule has 1 saturated carbocycles. The molecule has 6 nitrogen and oxygen atoms in total. The average molecular weight is 379 g/mol. The third kappa shape index (κ3) is 3.94. The summed E-state index contributed by atoms with van der Waals surface area (Å²) in [7, 11) is 0. The maximum Gasteiger partial charge on any atom is 0.221 e. The Morgan fingerprint density at radius 1 is 0.964 bits per heavy atom. The molecule has 144 valence electrons. The molecule has 1 aliphatic carbocycles. The van der Waals surface area contributed by atoms with Crippen molar-refractivity contribution in [2.45, 2.75) is 37.8 Å². The molecular weight excluding hydrogens is 357 g/mol. The molecule has 0 spiro atoms. The standard InChI is InChI=1S/C21H22FN5O/c22-18-10-13(3-8-17(18)19-11-27-20(24)12-26-19)16-2-1-9-25-21(16)28-15-6-4-14(23)5-7-15/h1-3,8-12,14-15H,4-7,23H2,(H2,24,27)/t14-,15-. The number of nitrogens with zero attached hydrogens (tertiary/aromatic N) is 3. The minimum absolute atomic E-state index is 0.0858. The summed E-state index contributed by atoms with van der Waals surface area (Å²) in [5.41, 5.74) is 13.8. The molecule has 0 radical (unpaired) electrons. The summed E-state index contributed by atoms with van der Waals surface area (Å²) in [6.45, 7) is 0. The maximum atomic E-state index is 14.8. The van der Waals surface area contributed by atoms with Gasteiger partial charge < -0.3 is 16.2 Å². The summed E-state index contributed by atoms with van der Waals surface area (Å²) in [5, 5.41) is 0. The Morgan fingerprint density at radius 2 is 1.79 bits per heavy atom. The quantitative estimate of drug-likeness (QED) is 0.719. The number of anilines is 1. The number of pyridine rings is 1. The number of nitrogens with two attached hydrogens (primary N) is 2. The molecule has 0 bridgehead atoms. The fraction of sp³-hybridized carbons (Fsp3) is 0.286. The van der Waals surface area contributed by atoms with Gasteiger partial charge in [-0.3, -0.25) is 4.98 Å². The van der Waals surface area contributed by atoms with Crippen LogP contribution in [-0.2, 0) is 0 Å². The molecule has 1 aliphatic rings. The number of benzene rings is 1. The lowest BCUT2D eigenvalue weighted by Crippen LogP contribution is -2.31. The van der Waals surface area contributed by atoms with Crippen LogP contribution in [-0.4, -0.2) is 27.1 Å². The largest absolute Gasteiger partial charge is 0.474 e. The van der Waals surface area contributed by atoms with E-state index < -0.39 is 5.82 Å². The van der Waals surface area contributed by atoms with E-state index >= 15 is 0 Å². The summed E-state index contributed by atoms with van der Waals surface area (Å²) in [4.78, 5) is 12.5. The van der Waals surface area contributed by atoms with Crippen molar-refractivity contribution in [2.24, 2.45) is 5.73 Å². The summed E-state index contributed by atoms with van der Waals surface area (Å²) in [6.07, 6.45) is 8.33. The number of hydrogen-bond donors (Lipinski definition) is 2. The summed E-state index contributed by atoms with van der Waals surface area (Å²) in [6, 6.07) is 8.93. The van der Waals surface area contributed by atoms with Crippen molar-refractivity contribution in [3.05, 3.63) is 54.7 Å². The normalized spacial score (nSPS) is 19.4. The van der Waals surface area contributed by atoms with Gasteiger partial charge in [-0.05, 0) is 55.5 Å². The number of ether oxygens (including phenoxy) is 1.